The monoisotopic (exact) mass is 250 g/mol. The van der Waals surface area contributed by atoms with Crippen molar-refractivity contribution in [2.45, 2.75) is 51.6 Å². The maximum Gasteiger partial charge on any atom is 0.105 e. The van der Waals surface area contributed by atoms with Crippen LogP contribution in [-0.4, -0.2) is 36.1 Å². The third-order valence-corrected chi connectivity index (χ3v) is 4.21. The van der Waals surface area contributed by atoms with E-state index in [0.717, 1.165) is 25.3 Å². The molecule has 2 atom stereocenters. The first-order valence-electron chi connectivity index (χ1n) is 7.14. The van der Waals surface area contributed by atoms with Gasteiger partial charge < -0.3 is 9.73 Å². The Morgan fingerprint density at radius 1 is 1.56 bits per heavy atom. The number of nitrogens with zero attached hydrogens (tertiary/aromatic N) is 1. The Hall–Kier alpha value is -0.800. The Bertz CT molecular complexity index is 349. The molecule has 3 nitrogen and oxygen atoms in total. The minimum atomic E-state index is 0.258. The minimum Gasteiger partial charge on any atom is -0.469 e. The van der Waals surface area contributed by atoms with E-state index < -0.39 is 0 Å². The first-order valence-corrected chi connectivity index (χ1v) is 7.14. The summed E-state index contributed by atoms with van der Waals surface area (Å²) in [5, 5.41) is 3.69. The van der Waals surface area contributed by atoms with Gasteiger partial charge in [-0.25, -0.2) is 0 Å². The highest BCUT2D eigenvalue weighted by atomic mass is 16.3. The Labute approximate surface area is 111 Å². The van der Waals surface area contributed by atoms with Crippen LogP contribution in [0.25, 0.3) is 0 Å². The quantitative estimate of drug-likeness (QED) is 0.890. The van der Waals surface area contributed by atoms with Crippen molar-refractivity contribution in [3.63, 3.8) is 0 Å². The van der Waals surface area contributed by atoms with E-state index in [4.69, 9.17) is 4.42 Å². The third kappa shape index (κ3) is 3.36. The molecule has 2 unspecified atom stereocenters. The zero-order valence-electron chi connectivity index (χ0n) is 11.9. The van der Waals surface area contributed by atoms with Gasteiger partial charge in [-0.15, -0.1) is 0 Å². The first kappa shape index (κ1) is 13.6. The highest BCUT2D eigenvalue weighted by molar-refractivity contribution is 5.01. The number of rotatable bonds is 4. The van der Waals surface area contributed by atoms with Crippen molar-refractivity contribution in [3.8, 4) is 0 Å². The van der Waals surface area contributed by atoms with E-state index in [9.17, 15) is 0 Å². The molecule has 3 heteroatoms. The topological polar surface area (TPSA) is 28.4 Å². The summed E-state index contributed by atoms with van der Waals surface area (Å²) >= 11 is 0. The summed E-state index contributed by atoms with van der Waals surface area (Å²) in [6, 6.07) is 4.59. The summed E-state index contributed by atoms with van der Waals surface area (Å²) in [5.74, 6) is 1.10. The molecule has 0 aliphatic carbocycles. The fourth-order valence-electron chi connectivity index (χ4n) is 2.72. The largest absolute Gasteiger partial charge is 0.469 e. The van der Waals surface area contributed by atoms with E-state index >= 15 is 0 Å². The zero-order chi connectivity index (χ0) is 13.0. The van der Waals surface area contributed by atoms with Gasteiger partial charge in [-0.2, -0.15) is 0 Å². The maximum absolute atomic E-state index is 5.46. The van der Waals surface area contributed by atoms with Crippen LogP contribution in [0, 0.1) is 0 Å². The fraction of sp³-hybridized carbons (Fsp3) is 0.733. The van der Waals surface area contributed by atoms with Crippen molar-refractivity contribution in [1.82, 2.24) is 10.2 Å². The van der Waals surface area contributed by atoms with Gasteiger partial charge in [0.2, 0.25) is 0 Å². The molecular weight excluding hydrogens is 224 g/mol. The molecule has 1 fully saturated rings. The molecule has 2 rings (SSSR count). The van der Waals surface area contributed by atoms with Crippen LogP contribution in [-0.2, 0) is 6.42 Å². The summed E-state index contributed by atoms with van der Waals surface area (Å²) < 4.78 is 5.46. The summed E-state index contributed by atoms with van der Waals surface area (Å²) in [5.41, 5.74) is 0.258. The van der Waals surface area contributed by atoms with Crippen molar-refractivity contribution in [2.24, 2.45) is 0 Å². The van der Waals surface area contributed by atoms with Crippen molar-refractivity contribution in [2.75, 3.05) is 19.6 Å². The van der Waals surface area contributed by atoms with Crippen molar-refractivity contribution < 1.29 is 4.42 Å². The second kappa shape index (κ2) is 5.89. The molecule has 18 heavy (non-hydrogen) atoms. The molecule has 0 radical (unpaired) electrons. The molecule has 1 N–H and O–H groups in total. The molecule has 0 spiro atoms. The van der Waals surface area contributed by atoms with E-state index in [1.54, 1.807) is 6.26 Å². The van der Waals surface area contributed by atoms with Gasteiger partial charge in [0.1, 0.15) is 5.76 Å². The fourth-order valence-corrected chi connectivity index (χ4v) is 2.72. The lowest BCUT2D eigenvalue weighted by Gasteiger charge is -2.35. The van der Waals surface area contributed by atoms with Crippen LogP contribution in [0.3, 0.4) is 0 Å². The highest BCUT2D eigenvalue weighted by Crippen LogP contribution is 2.19. The Balaban J connectivity index is 1.97. The Morgan fingerprint density at radius 2 is 2.39 bits per heavy atom. The Kier molecular flexibility index (Phi) is 4.46. The molecule has 2 heterocycles. The van der Waals surface area contributed by atoms with Gasteiger partial charge in [-0.1, -0.05) is 6.92 Å². The maximum atomic E-state index is 5.46. The number of hydrogen-bond donors (Lipinski definition) is 1. The van der Waals surface area contributed by atoms with E-state index in [0.29, 0.717) is 6.04 Å². The van der Waals surface area contributed by atoms with Gasteiger partial charge in [0, 0.05) is 24.5 Å². The van der Waals surface area contributed by atoms with Crippen molar-refractivity contribution >= 4 is 0 Å². The molecule has 1 saturated heterocycles. The number of nitrogens with one attached hydrogen (secondary N) is 1. The van der Waals surface area contributed by atoms with Gasteiger partial charge in [0.15, 0.2) is 0 Å². The lowest BCUT2D eigenvalue weighted by Crippen LogP contribution is -2.50. The molecule has 1 aromatic rings. The predicted octanol–water partition coefficient (Wildman–Crippen LogP) is 2.67. The second-order valence-electron chi connectivity index (χ2n) is 5.80. The van der Waals surface area contributed by atoms with Gasteiger partial charge in [-0.3, -0.25) is 4.90 Å². The minimum absolute atomic E-state index is 0.258. The lowest BCUT2D eigenvalue weighted by atomic mass is 9.97. The van der Waals surface area contributed by atoms with Crippen LogP contribution in [0.4, 0.5) is 0 Å². The average Bonchev–Trinajstić information content (AvgIpc) is 2.77. The predicted molar refractivity (Wildman–Crippen MR) is 74.8 cm³/mol. The molecule has 1 aliphatic rings. The second-order valence-corrected chi connectivity index (χ2v) is 5.80. The molecule has 0 aromatic carbocycles. The van der Waals surface area contributed by atoms with E-state index in [-0.39, 0.29) is 5.54 Å². The highest BCUT2D eigenvalue weighted by Gasteiger charge is 2.29. The smallest absolute Gasteiger partial charge is 0.105 e. The number of hydrogen-bond acceptors (Lipinski definition) is 3. The lowest BCUT2D eigenvalue weighted by molar-refractivity contribution is 0.164. The van der Waals surface area contributed by atoms with Gasteiger partial charge in [0.05, 0.1) is 6.26 Å². The van der Waals surface area contributed by atoms with Crippen LogP contribution in [0.1, 0.15) is 39.4 Å². The van der Waals surface area contributed by atoms with Crippen LogP contribution in [0.5, 0.6) is 0 Å². The van der Waals surface area contributed by atoms with Crippen molar-refractivity contribution in [1.29, 1.82) is 0 Å². The molecule has 0 saturated carbocycles. The van der Waals surface area contributed by atoms with Gasteiger partial charge >= 0.3 is 0 Å². The standard InChI is InChI=1S/C15H26N2O/c1-4-15(3)12-17(9-6-8-16-15)13(2)11-14-7-5-10-18-14/h5,7,10,13,16H,4,6,8-9,11-12H2,1-3H3. The van der Waals surface area contributed by atoms with Crippen LogP contribution < -0.4 is 5.32 Å². The summed E-state index contributed by atoms with van der Waals surface area (Å²) in [7, 11) is 0. The molecule has 0 bridgehead atoms. The molecule has 102 valence electrons. The van der Waals surface area contributed by atoms with Crippen LogP contribution in [0.2, 0.25) is 0 Å². The van der Waals surface area contributed by atoms with Crippen LogP contribution in [0.15, 0.2) is 22.8 Å². The average molecular weight is 250 g/mol. The summed E-state index contributed by atoms with van der Waals surface area (Å²) in [6.45, 7) is 10.4. The van der Waals surface area contributed by atoms with Gasteiger partial charge in [-0.05, 0) is 51.9 Å². The number of furan rings is 1. The molecule has 0 amide bonds. The SMILES string of the molecule is CCC1(C)CN(C(C)Cc2ccco2)CCCN1. The third-order valence-electron chi connectivity index (χ3n) is 4.21. The van der Waals surface area contributed by atoms with E-state index in [2.05, 4.69) is 37.1 Å². The van der Waals surface area contributed by atoms with Gasteiger partial charge in [0.25, 0.3) is 0 Å². The van der Waals surface area contributed by atoms with Crippen LogP contribution >= 0.6 is 0 Å². The first-order chi connectivity index (χ1) is 8.63. The molecule has 1 aromatic heterocycles. The molecule has 1 aliphatic heterocycles. The summed E-state index contributed by atoms with van der Waals surface area (Å²) in [6.07, 6.45) is 5.18. The van der Waals surface area contributed by atoms with E-state index in [1.165, 1.54) is 19.4 Å². The van der Waals surface area contributed by atoms with Crippen molar-refractivity contribution in [3.05, 3.63) is 24.2 Å². The normalized spacial score (nSPS) is 27.9. The Morgan fingerprint density at radius 3 is 3.06 bits per heavy atom. The molecular formula is C15H26N2O. The summed E-state index contributed by atoms with van der Waals surface area (Å²) in [4.78, 5) is 2.60. The van der Waals surface area contributed by atoms with E-state index in [1.807, 2.05) is 6.07 Å². The zero-order valence-corrected chi connectivity index (χ0v) is 11.9.